The van der Waals surface area contributed by atoms with Crippen molar-refractivity contribution in [3.05, 3.63) is 45.8 Å². The van der Waals surface area contributed by atoms with Gasteiger partial charge >= 0.3 is 122 Å². The van der Waals surface area contributed by atoms with Crippen LogP contribution in [0.3, 0.4) is 0 Å². The maximum atomic E-state index is 12.8. The first kappa shape index (κ1) is 8.87. The molecule has 23 heavy (non-hydrogen) atoms. The number of hydrogen-bond acceptors (Lipinski definition) is 2. The first-order valence-corrected chi connectivity index (χ1v) is 15.5. The number of aryl methyl sites for hydroxylation is 1. The molecule has 0 aliphatic carbocycles. The second-order valence-electron chi connectivity index (χ2n) is 12.7. The summed E-state index contributed by atoms with van der Waals surface area (Å²) in [6.45, 7) is -1.16. The number of fused-ring (bicyclic) bond motifs is 11. The third-order valence-electron chi connectivity index (χ3n) is 16.9. The van der Waals surface area contributed by atoms with Gasteiger partial charge in [0, 0.05) is 0 Å². The van der Waals surface area contributed by atoms with Gasteiger partial charge in [0.15, 0.2) is 0 Å². The van der Waals surface area contributed by atoms with E-state index in [9.17, 15) is 4.79 Å². The predicted octanol–water partition coefficient (Wildman–Crippen LogP) is 4.90. The summed E-state index contributed by atoms with van der Waals surface area (Å²) < 4.78 is 7.11. The van der Waals surface area contributed by atoms with E-state index in [4.69, 9.17) is 4.42 Å². The van der Waals surface area contributed by atoms with Crippen LogP contribution in [0.4, 0.5) is 0 Å². The second-order valence-corrected chi connectivity index (χ2v) is 36.2. The van der Waals surface area contributed by atoms with Gasteiger partial charge in [0.1, 0.15) is 0 Å². The van der Waals surface area contributed by atoms with Gasteiger partial charge in [-0.1, -0.05) is 0 Å². The Morgan fingerprint density at radius 1 is 0.957 bits per heavy atom. The maximum absolute atomic E-state index is 12.8. The van der Waals surface area contributed by atoms with Crippen molar-refractivity contribution in [1.82, 2.24) is 0 Å². The van der Waals surface area contributed by atoms with Gasteiger partial charge in [-0.25, -0.2) is 0 Å². The molecule has 1 spiro atoms. The average Bonchev–Trinajstić information content (AvgIpc) is 3.47. The Labute approximate surface area is 122 Å². The number of hydrogen-bond donors (Lipinski definition) is 0. The zero-order chi connectivity index (χ0) is 14.4. The first-order valence-electron chi connectivity index (χ1n) is 9.19. The minimum absolute atomic E-state index is 0.223. The van der Waals surface area contributed by atoms with Gasteiger partial charge in [-0.05, 0) is 0 Å². The van der Waals surface area contributed by atoms with E-state index >= 15 is 0 Å². The quantitative estimate of drug-likeness (QED) is 0.689. The van der Waals surface area contributed by atoms with Gasteiger partial charge in [0.2, 0.25) is 0 Å². The average molecular weight is 344 g/mol. The Morgan fingerprint density at radius 2 is 1.61 bits per heavy atom. The molecule has 0 N–H and O–H groups in total. The molecule has 4 unspecified atom stereocenters. The summed E-state index contributed by atoms with van der Waals surface area (Å²) in [6, 6.07) is 8.11. The number of rotatable bonds is 1. The van der Waals surface area contributed by atoms with Gasteiger partial charge in [-0.2, -0.15) is 0 Å². The third kappa shape index (κ3) is 0.127. The summed E-state index contributed by atoms with van der Waals surface area (Å²) in [4.78, 5) is 24.1. The minimum atomic E-state index is -3.21. The van der Waals surface area contributed by atoms with Crippen LogP contribution in [0.1, 0.15) is 11.3 Å². The molecule has 116 valence electrons. The van der Waals surface area contributed by atoms with Crippen LogP contribution in [0.2, 0.25) is 43.3 Å². The molecule has 0 radical (unpaired) electrons. The van der Waals surface area contributed by atoms with Crippen molar-refractivity contribution in [2.75, 3.05) is 0 Å². The molecule has 2 nitrogen and oxygen atoms in total. The van der Waals surface area contributed by atoms with E-state index in [1.54, 1.807) is 0 Å². The van der Waals surface area contributed by atoms with E-state index in [2.05, 4.69) is 13.0 Å². The van der Waals surface area contributed by atoms with Gasteiger partial charge in [0.25, 0.3) is 0 Å². The Kier molecular flexibility index (Phi) is 0.342. The number of benzene rings is 1. The molecule has 2 aromatic rings. The summed E-state index contributed by atoms with van der Waals surface area (Å²) >= 11 is 0. The van der Waals surface area contributed by atoms with Gasteiger partial charge < -0.3 is 0 Å². The molecular weight excluding hydrogens is 328 g/mol. The van der Waals surface area contributed by atoms with Crippen LogP contribution in [-0.2, 0) is 10.8 Å². The van der Waals surface area contributed by atoms with Gasteiger partial charge in [-0.3, -0.25) is 0 Å². The summed E-state index contributed by atoms with van der Waals surface area (Å²) in [7, 11) is 0. The summed E-state index contributed by atoms with van der Waals surface area (Å²) in [5, 5.41) is 0.792. The molecule has 4 atom stereocenters. The van der Waals surface area contributed by atoms with Crippen LogP contribution < -0.4 is 5.43 Å². The zero-order valence-corrected chi connectivity index (χ0v) is 13.8. The van der Waals surface area contributed by atoms with E-state index in [0.717, 1.165) is 26.2 Å². The van der Waals surface area contributed by atoms with E-state index in [0.29, 0.717) is 4.31 Å². The zero-order valence-electron chi connectivity index (χ0n) is 12.7. The molecule has 0 amide bonds. The molecular formula is C20H16FeO2. The molecule has 10 aliphatic heterocycles. The summed E-state index contributed by atoms with van der Waals surface area (Å²) in [6.07, 6.45) is 0. The van der Waals surface area contributed by atoms with Crippen LogP contribution in [0.5, 0.6) is 0 Å². The van der Waals surface area contributed by atoms with E-state index in [-0.39, 0.29) is 5.43 Å². The van der Waals surface area contributed by atoms with Crippen LogP contribution in [-0.4, -0.2) is 0 Å². The monoisotopic (exact) mass is 344 g/mol. The van der Waals surface area contributed by atoms with Crippen LogP contribution in [0.25, 0.3) is 11.0 Å². The molecule has 1 aromatic heterocycles. The van der Waals surface area contributed by atoms with Crippen molar-refractivity contribution in [1.29, 1.82) is 0 Å². The molecule has 11 heterocycles. The molecule has 10 saturated heterocycles. The molecule has 3 heteroatoms. The van der Waals surface area contributed by atoms with Crippen molar-refractivity contribution < 1.29 is 10.9 Å². The SMILES string of the molecule is Cc1ccc2oc([C]34[CH]5[CH]6[CH]7[CH]3[Fe]6754389%10[CH]4[CH]3[CH]8[CH]9[CH]4%10)cc(=O)c2c1. The van der Waals surface area contributed by atoms with Crippen molar-refractivity contribution in [3.8, 4) is 0 Å². The Hall–Kier alpha value is -1.05. The molecule has 12 rings (SSSR count). The fourth-order valence-corrected chi connectivity index (χ4v) is 92.2. The third-order valence-corrected chi connectivity index (χ3v) is 59.3. The molecule has 1 aromatic carbocycles. The standard InChI is InChI=1S/C15H11O2.C5H5.Fe/c1-10-6-7-14-12(8-10)13(16)9-15(17-14)11-4-2-3-5-11;1-2-4-5-3-1;/h2-9H,1H3;1-5H;. The van der Waals surface area contributed by atoms with Crippen LogP contribution in [0, 0.1) is 6.92 Å². The predicted molar refractivity (Wildman–Crippen MR) is 82.6 cm³/mol. The van der Waals surface area contributed by atoms with Crippen molar-refractivity contribution in [2.24, 2.45) is 0 Å². The fraction of sp³-hybridized carbons (Fsp3) is 0.550. The fourth-order valence-electron chi connectivity index (χ4n) is 18.3. The first-order chi connectivity index (χ1) is 10.9. The van der Waals surface area contributed by atoms with E-state index in [1.165, 1.54) is 39.5 Å². The van der Waals surface area contributed by atoms with Gasteiger partial charge in [-0.15, -0.1) is 0 Å². The van der Waals surface area contributed by atoms with Crippen LogP contribution in [0.15, 0.2) is 33.5 Å². The molecule has 10 aliphatic rings. The normalized spacial score (nSPS) is 91.3. The summed E-state index contributed by atoms with van der Waals surface area (Å²) in [5.41, 5.74) is 2.23. The summed E-state index contributed by atoms with van der Waals surface area (Å²) in [5.74, 6) is 1.21. The van der Waals surface area contributed by atoms with Crippen LogP contribution >= 0.6 is 0 Å². The molecule has 0 bridgehead atoms. The van der Waals surface area contributed by atoms with Gasteiger partial charge in [0.05, 0.1) is 0 Å². The second kappa shape index (κ2) is 0.887. The van der Waals surface area contributed by atoms with E-state index in [1.807, 2.05) is 18.2 Å². The topological polar surface area (TPSA) is 30.2 Å². The Balaban J connectivity index is 1.36. The van der Waals surface area contributed by atoms with Crippen molar-refractivity contribution in [2.45, 2.75) is 54.6 Å². The molecule has 10 fully saturated rings. The Bertz CT molecular complexity index is 1500. The van der Waals surface area contributed by atoms with Crippen molar-refractivity contribution in [3.63, 3.8) is 0 Å². The van der Waals surface area contributed by atoms with E-state index < -0.39 is 6.51 Å². The van der Waals surface area contributed by atoms with Crippen molar-refractivity contribution >= 4 is 11.0 Å². The Morgan fingerprint density at radius 3 is 2.13 bits per heavy atom. The molecule has 0 saturated carbocycles.